The molecule has 2 aliphatic heterocycles. The van der Waals surface area contributed by atoms with Crippen LogP contribution in [0.2, 0.25) is 0 Å². The fraction of sp³-hybridized carbons (Fsp3) is 0.467. The van der Waals surface area contributed by atoms with E-state index in [1.807, 2.05) is 25.1 Å². The predicted octanol–water partition coefficient (Wildman–Crippen LogP) is 2.31. The van der Waals surface area contributed by atoms with Crippen molar-refractivity contribution < 1.29 is 9.90 Å². The predicted molar refractivity (Wildman–Crippen MR) is 70.9 cm³/mol. The largest absolute Gasteiger partial charge is 0.481 e. The number of nitrogens with zero attached hydrogens (tertiary/aromatic N) is 2. The summed E-state index contributed by atoms with van der Waals surface area (Å²) in [6.07, 6.45) is 2.66. The summed E-state index contributed by atoms with van der Waals surface area (Å²) < 4.78 is 0. The van der Waals surface area contributed by atoms with Crippen LogP contribution < -0.4 is 4.90 Å². The standard InChI is InChI=1S/C15H16N2O2/c1-9-2-3-10(8-16)14(6-9)17-11-4-5-13(17)12(7-11)15(18)19/h2-3,6,11-13H,4-5,7H2,1H3,(H,18,19). The van der Waals surface area contributed by atoms with Crippen molar-refractivity contribution in [1.82, 2.24) is 0 Å². The lowest BCUT2D eigenvalue weighted by Crippen LogP contribution is -2.33. The third-order valence-corrected chi connectivity index (χ3v) is 4.41. The number of aliphatic carboxylic acids is 1. The van der Waals surface area contributed by atoms with Gasteiger partial charge in [0.2, 0.25) is 0 Å². The Hall–Kier alpha value is -2.02. The summed E-state index contributed by atoms with van der Waals surface area (Å²) in [5, 5.41) is 18.5. The quantitative estimate of drug-likeness (QED) is 0.881. The number of nitriles is 1. The monoisotopic (exact) mass is 256 g/mol. The van der Waals surface area contributed by atoms with Gasteiger partial charge in [-0.15, -0.1) is 0 Å². The zero-order chi connectivity index (χ0) is 13.6. The Labute approximate surface area is 112 Å². The second kappa shape index (κ2) is 4.27. The first-order chi connectivity index (χ1) is 9.11. The number of carbonyl (C=O) groups is 1. The van der Waals surface area contributed by atoms with Crippen LogP contribution in [-0.4, -0.2) is 23.2 Å². The van der Waals surface area contributed by atoms with E-state index in [1.54, 1.807) is 0 Å². The van der Waals surface area contributed by atoms with E-state index in [1.165, 1.54) is 0 Å². The molecule has 4 nitrogen and oxygen atoms in total. The first-order valence-corrected chi connectivity index (χ1v) is 6.63. The first-order valence-electron chi connectivity index (χ1n) is 6.63. The van der Waals surface area contributed by atoms with Gasteiger partial charge in [-0.25, -0.2) is 0 Å². The maximum Gasteiger partial charge on any atom is 0.308 e. The number of carboxylic acids is 1. The fourth-order valence-corrected chi connectivity index (χ4v) is 3.58. The summed E-state index contributed by atoms with van der Waals surface area (Å²) in [6, 6.07) is 8.32. The number of anilines is 1. The van der Waals surface area contributed by atoms with Crippen LogP contribution in [0.1, 0.15) is 30.4 Å². The minimum absolute atomic E-state index is 0.0522. The van der Waals surface area contributed by atoms with E-state index in [0.29, 0.717) is 12.0 Å². The normalized spacial score (nSPS) is 28.4. The van der Waals surface area contributed by atoms with E-state index in [2.05, 4.69) is 11.0 Å². The van der Waals surface area contributed by atoms with Crippen molar-refractivity contribution in [2.24, 2.45) is 5.92 Å². The zero-order valence-electron chi connectivity index (χ0n) is 10.8. The van der Waals surface area contributed by atoms with Crippen molar-refractivity contribution >= 4 is 11.7 Å². The van der Waals surface area contributed by atoms with E-state index >= 15 is 0 Å². The van der Waals surface area contributed by atoms with Gasteiger partial charge in [0.15, 0.2) is 0 Å². The highest BCUT2D eigenvalue weighted by molar-refractivity contribution is 5.75. The number of carboxylic acid groups (broad SMARTS) is 1. The van der Waals surface area contributed by atoms with Crippen LogP contribution in [0.25, 0.3) is 0 Å². The first kappa shape index (κ1) is 12.0. The van der Waals surface area contributed by atoms with Crippen molar-refractivity contribution in [1.29, 1.82) is 5.26 Å². The second-order valence-corrected chi connectivity index (χ2v) is 5.52. The molecule has 1 aromatic rings. The summed E-state index contributed by atoms with van der Waals surface area (Å²) in [7, 11) is 0. The Morgan fingerprint density at radius 2 is 2.26 bits per heavy atom. The van der Waals surface area contributed by atoms with E-state index < -0.39 is 5.97 Å². The average Bonchev–Trinajstić information content (AvgIpc) is 2.95. The molecule has 1 N–H and O–H groups in total. The molecule has 98 valence electrons. The lowest BCUT2D eigenvalue weighted by atomic mass is 9.89. The van der Waals surface area contributed by atoms with E-state index in [0.717, 1.165) is 24.1 Å². The van der Waals surface area contributed by atoms with Crippen LogP contribution in [0.5, 0.6) is 0 Å². The maximum absolute atomic E-state index is 11.3. The highest BCUT2D eigenvalue weighted by Gasteiger charge is 2.49. The molecule has 2 heterocycles. The van der Waals surface area contributed by atoms with Gasteiger partial charge in [-0.2, -0.15) is 5.26 Å². The van der Waals surface area contributed by atoms with Gasteiger partial charge in [0.1, 0.15) is 6.07 Å². The average molecular weight is 256 g/mol. The molecule has 0 saturated carbocycles. The minimum Gasteiger partial charge on any atom is -0.481 e. The van der Waals surface area contributed by atoms with Gasteiger partial charge in [0.25, 0.3) is 0 Å². The molecule has 3 atom stereocenters. The number of aryl methyl sites for hydroxylation is 1. The lowest BCUT2D eigenvalue weighted by Gasteiger charge is -2.26. The fourth-order valence-electron chi connectivity index (χ4n) is 3.58. The Balaban J connectivity index is 2.02. The van der Waals surface area contributed by atoms with Gasteiger partial charge in [-0.3, -0.25) is 4.79 Å². The molecule has 3 rings (SSSR count). The van der Waals surface area contributed by atoms with Crippen LogP contribution in [0, 0.1) is 24.2 Å². The molecule has 0 aliphatic carbocycles. The third kappa shape index (κ3) is 1.77. The van der Waals surface area contributed by atoms with E-state index in [9.17, 15) is 15.2 Å². The molecule has 2 aliphatic rings. The number of hydrogen-bond donors (Lipinski definition) is 1. The molecule has 2 fully saturated rings. The third-order valence-electron chi connectivity index (χ3n) is 4.41. The molecule has 0 spiro atoms. The molecular weight excluding hydrogens is 240 g/mol. The molecular formula is C15H16N2O2. The van der Waals surface area contributed by atoms with Crippen molar-refractivity contribution in [3.05, 3.63) is 29.3 Å². The smallest absolute Gasteiger partial charge is 0.308 e. The van der Waals surface area contributed by atoms with Crippen molar-refractivity contribution in [2.75, 3.05) is 4.90 Å². The summed E-state index contributed by atoms with van der Waals surface area (Å²) in [5.41, 5.74) is 2.67. The van der Waals surface area contributed by atoms with Gasteiger partial charge < -0.3 is 10.0 Å². The molecule has 0 aromatic heterocycles. The molecule has 0 radical (unpaired) electrons. The van der Waals surface area contributed by atoms with Gasteiger partial charge in [-0.1, -0.05) is 6.07 Å². The second-order valence-electron chi connectivity index (χ2n) is 5.52. The number of hydrogen-bond acceptors (Lipinski definition) is 3. The van der Waals surface area contributed by atoms with Crippen LogP contribution >= 0.6 is 0 Å². The number of rotatable bonds is 2. The Morgan fingerprint density at radius 1 is 1.47 bits per heavy atom. The van der Waals surface area contributed by atoms with Gasteiger partial charge in [-0.05, 0) is 43.9 Å². The summed E-state index contributed by atoms with van der Waals surface area (Å²) in [4.78, 5) is 13.5. The SMILES string of the molecule is Cc1ccc(C#N)c(N2C3CCC2C(C(=O)O)C3)c1. The summed E-state index contributed by atoms with van der Waals surface area (Å²) >= 11 is 0. The van der Waals surface area contributed by atoms with Crippen LogP contribution in [0.15, 0.2) is 18.2 Å². The molecule has 0 amide bonds. The van der Waals surface area contributed by atoms with Gasteiger partial charge >= 0.3 is 5.97 Å². The van der Waals surface area contributed by atoms with Crippen LogP contribution in [0.3, 0.4) is 0 Å². The number of benzene rings is 1. The maximum atomic E-state index is 11.3. The molecule has 3 unspecified atom stereocenters. The van der Waals surface area contributed by atoms with Crippen molar-refractivity contribution in [3.63, 3.8) is 0 Å². The van der Waals surface area contributed by atoms with Crippen LogP contribution in [0.4, 0.5) is 5.69 Å². The molecule has 1 aromatic carbocycles. The van der Waals surface area contributed by atoms with Gasteiger partial charge in [0, 0.05) is 12.1 Å². The van der Waals surface area contributed by atoms with Crippen molar-refractivity contribution in [3.8, 4) is 6.07 Å². The van der Waals surface area contributed by atoms with Crippen molar-refractivity contribution in [2.45, 2.75) is 38.3 Å². The lowest BCUT2D eigenvalue weighted by molar-refractivity contribution is -0.142. The Kier molecular flexibility index (Phi) is 2.70. The van der Waals surface area contributed by atoms with E-state index in [-0.39, 0.29) is 18.0 Å². The molecule has 2 saturated heterocycles. The number of fused-ring (bicyclic) bond motifs is 2. The zero-order valence-corrected chi connectivity index (χ0v) is 10.8. The topological polar surface area (TPSA) is 64.3 Å². The Bertz CT molecular complexity index is 576. The Morgan fingerprint density at radius 3 is 2.89 bits per heavy atom. The molecule has 19 heavy (non-hydrogen) atoms. The highest BCUT2D eigenvalue weighted by Crippen LogP contribution is 2.45. The molecule has 4 heteroatoms. The van der Waals surface area contributed by atoms with E-state index in [4.69, 9.17) is 0 Å². The minimum atomic E-state index is -0.705. The highest BCUT2D eigenvalue weighted by atomic mass is 16.4. The summed E-state index contributed by atoms with van der Waals surface area (Å²) in [5.74, 6) is -0.992. The summed E-state index contributed by atoms with van der Waals surface area (Å²) in [6.45, 7) is 2.00. The molecule has 2 bridgehead atoms. The van der Waals surface area contributed by atoms with Gasteiger partial charge in [0.05, 0.1) is 17.2 Å². The van der Waals surface area contributed by atoms with Crippen LogP contribution in [-0.2, 0) is 4.79 Å².